The van der Waals surface area contributed by atoms with Crippen molar-refractivity contribution in [2.75, 3.05) is 0 Å². The normalized spacial score (nSPS) is 11.6. The summed E-state index contributed by atoms with van der Waals surface area (Å²) in [5.41, 5.74) is 12.6. The van der Waals surface area contributed by atoms with E-state index in [4.69, 9.17) is 25.1 Å². The molecule has 0 radical (unpaired) electrons. The minimum Gasteiger partial charge on any atom is -0.306 e. The molecule has 262 valence electrons. The molecule has 4 aromatic heterocycles. The first kappa shape index (κ1) is 31.7. The lowest BCUT2D eigenvalue weighted by molar-refractivity contribution is 0.951. The molecule has 7 nitrogen and oxygen atoms in total. The third-order valence-corrected chi connectivity index (χ3v) is 10.5. The number of benzene rings is 7. The predicted octanol–water partition coefficient (Wildman–Crippen LogP) is 11.5. The van der Waals surface area contributed by atoms with E-state index in [-0.39, 0.29) is 0 Å². The Morgan fingerprint density at radius 3 is 1.27 bits per heavy atom. The van der Waals surface area contributed by atoms with Gasteiger partial charge in [-0.05, 0) is 58.7 Å². The fourth-order valence-corrected chi connectivity index (χ4v) is 7.90. The highest BCUT2D eigenvalue weighted by atomic mass is 15.2. The van der Waals surface area contributed by atoms with Gasteiger partial charge in [0.2, 0.25) is 5.95 Å². The van der Waals surface area contributed by atoms with E-state index in [1.54, 1.807) is 0 Å². The fraction of sp³-hybridized carbons (Fsp3) is 0. The lowest BCUT2D eigenvalue weighted by atomic mass is 10.0. The van der Waals surface area contributed by atoms with Crippen molar-refractivity contribution in [1.29, 1.82) is 0 Å². The standard InChI is InChI=1S/C49H31N7/c1-4-16-32(17-5-1)34-20-14-22-36(30-34)47-50-48(37-23-15-21-35(31-37)33-18-6-2-7-19-33)52-49(51-47)56-42-29-13-11-27-40(42)44-46(56)45-43(53-54-44)39-26-10-12-28-41(39)55(45)38-24-8-3-9-25-38/h1-31H. The smallest absolute Gasteiger partial charge is 0.238 e. The molecule has 0 aliphatic carbocycles. The summed E-state index contributed by atoms with van der Waals surface area (Å²) in [6.07, 6.45) is 0. The van der Waals surface area contributed by atoms with Gasteiger partial charge in [0, 0.05) is 27.6 Å². The summed E-state index contributed by atoms with van der Waals surface area (Å²) in [5, 5.41) is 11.8. The summed E-state index contributed by atoms with van der Waals surface area (Å²) < 4.78 is 4.43. The molecule has 0 aliphatic rings. The van der Waals surface area contributed by atoms with Crippen LogP contribution in [0.5, 0.6) is 0 Å². The molecule has 0 aliphatic heterocycles. The van der Waals surface area contributed by atoms with Gasteiger partial charge in [-0.25, -0.2) is 4.98 Å². The lowest BCUT2D eigenvalue weighted by Crippen LogP contribution is -2.07. The van der Waals surface area contributed by atoms with E-state index in [9.17, 15) is 0 Å². The molecule has 0 unspecified atom stereocenters. The Balaban J connectivity index is 1.24. The molecule has 7 aromatic carbocycles. The van der Waals surface area contributed by atoms with Crippen molar-refractivity contribution in [3.05, 3.63) is 188 Å². The van der Waals surface area contributed by atoms with Gasteiger partial charge in [-0.1, -0.05) is 152 Å². The Labute approximate surface area is 321 Å². The Morgan fingerprint density at radius 2 is 0.732 bits per heavy atom. The average Bonchev–Trinajstić information content (AvgIpc) is 3.80. The number of aromatic nitrogens is 7. The summed E-state index contributed by atoms with van der Waals surface area (Å²) >= 11 is 0. The van der Waals surface area contributed by atoms with Crippen LogP contribution in [0.15, 0.2) is 188 Å². The van der Waals surface area contributed by atoms with Gasteiger partial charge in [-0.2, -0.15) is 9.97 Å². The predicted molar refractivity (Wildman–Crippen MR) is 226 cm³/mol. The van der Waals surface area contributed by atoms with E-state index in [1.165, 1.54) is 0 Å². The van der Waals surface area contributed by atoms with Crippen molar-refractivity contribution in [1.82, 2.24) is 34.3 Å². The van der Waals surface area contributed by atoms with E-state index >= 15 is 0 Å². The van der Waals surface area contributed by atoms with Crippen molar-refractivity contribution >= 4 is 43.9 Å². The van der Waals surface area contributed by atoms with Gasteiger partial charge in [0.15, 0.2) is 11.6 Å². The molecule has 56 heavy (non-hydrogen) atoms. The molecule has 0 N–H and O–H groups in total. The number of rotatable bonds is 6. The van der Waals surface area contributed by atoms with Crippen molar-refractivity contribution in [2.24, 2.45) is 0 Å². The van der Waals surface area contributed by atoms with Crippen LogP contribution in [0.25, 0.3) is 101 Å². The summed E-state index contributed by atoms with van der Waals surface area (Å²) in [6.45, 7) is 0. The van der Waals surface area contributed by atoms with Gasteiger partial charge in [-0.15, -0.1) is 10.2 Å². The quantitative estimate of drug-likeness (QED) is 0.171. The van der Waals surface area contributed by atoms with Gasteiger partial charge >= 0.3 is 0 Å². The largest absolute Gasteiger partial charge is 0.306 e. The number of fused-ring (bicyclic) bond motifs is 7. The molecule has 0 atom stereocenters. The van der Waals surface area contributed by atoms with Gasteiger partial charge < -0.3 is 4.57 Å². The zero-order valence-electron chi connectivity index (χ0n) is 30.0. The summed E-state index contributed by atoms with van der Waals surface area (Å²) in [6, 6.07) is 64.7. The minimum absolute atomic E-state index is 0.491. The maximum atomic E-state index is 5.33. The number of hydrogen-bond donors (Lipinski definition) is 0. The Kier molecular flexibility index (Phi) is 7.35. The number of hydrogen-bond acceptors (Lipinski definition) is 5. The Bertz CT molecular complexity index is 3140. The van der Waals surface area contributed by atoms with Crippen LogP contribution in [0.2, 0.25) is 0 Å². The first-order valence-electron chi connectivity index (χ1n) is 18.6. The average molecular weight is 718 g/mol. The van der Waals surface area contributed by atoms with Crippen molar-refractivity contribution in [2.45, 2.75) is 0 Å². The molecule has 4 heterocycles. The maximum absolute atomic E-state index is 5.33. The van der Waals surface area contributed by atoms with Gasteiger partial charge in [0.05, 0.1) is 11.0 Å². The highest BCUT2D eigenvalue weighted by molar-refractivity contribution is 6.20. The Morgan fingerprint density at radius 1 is 0.321 bits per heavy atom. The molecule has 11 rings (SSSR count). The van der Waals surface area contributed by atoms with E-state index in [2.05, 4.69) is 167 Å². The van der Waals surface area contributed by atoms with Crippen molar-refractivity contribution in [3.8, 4) is 56.7 Å². The summed E-state index contributed by atoms with van der Waals surface area (Å²) in [7, 11) is 0. The van der Waals surface area contributed by atoms with Crippen LogP contribution in [-0.4, -0.2) is 34.3 Å². The third-order valence-electron chi connectivity index (χ3n) is 10.5. The van der Waals surface area contributed by atoms with Crippen LogP contribution < -0.4 is 0 Å². The molecule has 0 saturated heterocycles. The zero-order valence-corrected chi connectivity index (χ0v) is 30.0. The molecule has 0 saturated carbocycles. The molecule has 0 bridgehead atoms. The fourth-order valence-electron chi connectivity index (χ4n) is 7.90. The number of nitrogens with zero attached hydrogens (tertiary/aromatic N) is 7. The van der Waals surface area contributed by atoms with Gasteiger partial charge in [-0.3, -0.25) is 4.57 Å². The molecule has 7 heteroatoms. The molecule has 11 aromatic rings. The number of para-hydroxylation sites is 3. The van der Waals surface area contributed by atoms with Crippen LogP contribution in [-0.2, 0) is 0 Å². The monoisotopic (exact) mass is 717 g/mol. The lowest BCUT2D eigenvalue weighted by Gasteiger charge is -2.13. The van der Waals surface area contributed by atoms with Crippen molar-refractivity contribution < 1.29 is 0 Å². The van der Waals surface area contributed by atoms with Gasteiger partial charge in [0.25, 0.3) is 0 Å². The highest BCUT2D eigenvalue weighted by Gasteiger charge is 2.25. The molecule has 0 spiro atoms. The molecular formula is C49H31N7. The first-order chi connectivity index (χ1) is 27.8. The van der Waals surface area contributed by atoms with Crippen LogP contribution in [0, 0.1) is 0 Å². The summed E-state index contributed by atoms with van der Waals surface area (Å²) in [4.78, 5) is 15.9. The van der Waals surface area contributed by atoms with E-state index in [0.29, 0.717) is 17.6 Å². The SMILES string of the molecule is c1ccc(-c2cccc(-c3nc(-c4cccc(-c5ccccc5)c4)nc(-n4c5ccccc5c5nnc6c7ccccc7n(-c7ccccc7)c6c54)n3)c2)cc1. The van der Waals surface area contributed by atoms with Crippen LogP contribution >= 0.6 is 0 Å². The highest BCUT2D eigenvalue weighted by Crippen LogP contribution is 2.40. The van der Waals surface area contributed by atoms with Crippen LogP contribution in [0.1, 0.15) is 0 Å². The van der Waals surface area contributed by atoms with E-state index in [1.807, 2.05) is 30.3 Å². The maximum Gasteiger partial charge on any atom is 0.238 e. The topological polar surface area (TPSA) is 74.3 Å². The summed E-state index contributed by atoms with van der Waals surface area (Å²) in [5.74, 6) is 1.63. The second kappa shape index (κ2) is 13.0. The van der Waals surface area contributed by atoms with E-state index < -0.39 is 0 Å². The van der Waals surface area contributed by atoms with Crippen molar-refractivity contribution in [3.63, 3.8) is 0 Å². The molecule has 0 amide bonds. The minimum atomic E-state index is 0.491. The van der Waals surface area contributed by atoms with Crippen LogP contribution in [0.4, 0.5) is 0 Å². The van der Waals surface area contributed by atoms with Gasteiger partial charge in [0.1, 0.15) is 22.1 Å². The molecular weight excluding hydrogens is 687 g/mol. The van der Waals surface area contributed by atoms with E-state index in [0.717, 1.165) is 82.9 Å². The third kappa shape index (κ3) is 5.17. The second-order valence-corrected chi connectivity index (χ2v) is 13.8. The molecule has 0 fully saturated rings. The zero-order chi connectivity index (χ0) is 37.0. The van der Waals surface area contributed by atoms with Crippen LogP contribution in [0.3, 0.4) is 0 Å². The second-order valence-electron chi connectivity index (χ2n) is 13.8. The Hall–Kier alpha value is -7.77. The first-order valence-corrected chi connectivity index (χ1v) is 18.6.